The van der Waals surface area contributed by atoms with Crippen LogP contribution in [0.4, 0.5) is 4.39 Å². The molecule has 2 nitrogen and oxygen atoms in total. The molecule has 0 saturated carbocycles. The molecule has 1 saturated heterocycles. The van der Waals surface area contributed by atoms with E-state index in [1.54, 1.807) is 12.1 Å². The summed E-state index contributed by atoms with van der Waals surface area (Å²) in [5.74, 6) is -0.254. The van der Waals surface area contributed by atoms with Crippen LogP contribution >= 0.6 is 0 Å². The molecule has 0 unspecified atom stereocenters. The zero-order valence-electron chi connectivity index (χ0n) is 7.20. The summed E-state index contributed by atoms with van der Waals surface area (Å²) in [6.07, 6.45) is 0.524. The summed E-state index contributed by atoms with van der Waals surface area (Å²) in [6.45, 7) is 1.36. The van der Waals surface area contributed by atoms with E-state index in [1.807, 2.05) is 0 Å². The maximum absolute atomic E-state index is 12.8. The molecule has 0 amide bonds. The predicted molar refractivity (Wildman–Crippen MR) is 45.7 cm³/mol. The molecule has 1 fully saturated rings. The van der Waals surface area contributed by atoms with Gasteiger partial charge in [0.2, 0.25) is 0 Å². The third-order valence-corrected chi connectivity index (χ3v) is 1.95. The van der Waals surface area contributed by atoms with E-state index in [0.717, 1.165) is 12.0 Å². The quantitative estimate of drug-likeness (QED) is 0.663. The van der Waals surface area contributed by atoms with Crippen LogP contribution in [0.15, 0.2) is 24.3 Å². The Morgan fingerprint density at radius 3 is 2.69 bits per heavy atom. The van der Waals surface area contributed by atoms with Crippen molar-refractivity contribution in [3.8, 4) is 0 Å². The van der Waals surface area contributed by atoms with E-state index in [0.29, 0.717) is 13.2 Å². The molecule has 0 radical (unpaired) electrons. The molecule has 70 valence electrons. The first-order valence-corrected chi connectivity index (χ1v) is 4.35. The predicted octanol–water partition coefficient (Wildman–Crippen LogP) is 2.26. The maximum atomic E-state index is 12.8. The fourth-order valence-corrected chi connectivity index (χ4v) is 1.33. The van der Waals surface area contributed by atoms with Gasteiger partial charge in [0.05, 0.1) is 13.2 Å². The van der Waals surface area contributed by atoms with Crippen molar-refractivity contribution in [3.63, 3.8) is 0 Å². The van der Waals surface area contributed by atoms with Crippen molar-refractivity contribution in [2.24, 2.45) is 0 Å². The van der Waals surface area contributed by atoms with Gasteiger partial charge < -0.3 is 9.47 Å². The van der Waals surface area contributed by atoms with Gasteiger partial charge in [-0.05, 0) is 18.6 Å². The van der Waals surface area contributed by atoms with Gasteiger partial charge in [0.1, 0.15) is 5.82 Å². The zero-order chi connectivity index (χ0) is 9.10. The topological polar surface area (TPSA) is 18.5 Å². The fraction of sp³-hybridized carbons (Fsp3) is 0.400. The van der Waals surface area contributed by atoms with E-state index in [-0.39, 0.29) is 12.1 Å². The van der Waals surface area contributed by atoms with Crippen molar-refractivity contribution in [1.82, 2.24) is 0 Å². The van der Waals surface area contributed by atoms with Crippen LogP contribution in [-0.2, 0) is 9.47 Å². The highest BCUT2D eigenvalue weighted by Gasteiger charge is 2.16. The van der Waals surface area contributed by atoms with E-state index in [9.17, 15) is 4.39 Å². The van der Waals surface area contributed by atoms with Crippen LogP contribution in [0, 0.1) is 5.82 Å². The molecule has 1 aliphatic heterocycles. The molecular formula is C10H11FO2. The minimum atomic E-state index is -0.385. The normalized spacial score (nSPS) is 18.8. The molecule has 2 rings (SSSR count). The maximum Gasteiger partial charge on any atom is 0.183 e. The van der Waals surface area contributed by atoms with Crippen LogP contribution in [0.2, 0.25) is 0 Å². The minimum Gasteiger partial charge on any atom is -0.348 e. The van der Waals surface area contributed by atoms with Crippen LogP contribution in [-0.4, -0.2) is 13.2 Å². The average molecular weight is 182 g/mol. The summed E-state index contributed by atoms with van der Waals surface area (Å²) in [5, 5.41) is 0. The molecule has 0 aromatic heterocycles. The summed E-state index contributed by atoms with van der Waals surface area (Å²) in [7, 11) is 0. The third kappa shape index (κ3) is 2.05. The van der Waals surface area contributed by atoms with Crippen LogP contribution in [0.3, 0.4) is 0 Å². The van der Waals surface area contributed by atoms with E-state index >= 15 is 0 Å². The molecule has 1 aliphatic rings. The van der Waals surface area contributed by atoms with Gasteiger partial charge in [-0.1, -0.05) is 12.1 Å². The molecular weight excluding hydrogens is 171 g/mol. The third-order valence-electron chi connectivity index (χ3n) is 1.95. The molecule has 0 atom stereocenters. The van der Waals surface area contributed by atoms with Gasteiger partial charge in [-0.25, -0.2) is 4.39 Å². The Kier molecular flexibility index (Phi) is 2.57. The number of rotatable bonds is 1. The summed E-state index contributed by atoms with van der Waals surface area (Å²) in [5.41, 5.74) is 0.750. The first-order valence-electron chi connectivity index (χ1n) is 4.35. The Morgan fingerprint density at radius 2 is 2.00 bits per heavy atom. The fourth-order valence-electron chi connectivity index (χ4n) is 1.33. The van der Waals surface area contributed by atoms with E-state index in [4.69, 9.17) is 9.47 Å². The molecule has 13 heavy (non-hydrogen) atoms. The Labute approximate surface area is 76.3 Å². The van der Waals surface area contributed by atoms with Crippen LogP contribution < -0.4 is 0 Å². The average Bonchev–Trinajstić information content (AvgIpc) is 2.19. The summed E-state index contributed by atoms with van der Waals surface area (Å²) >= 11 is 0. The molecule has 3 heteroatoms. The Hall–Kier alpha value is -0.930. The van der Waals surface area contributed by atoms with Crippen LogP contribution in [0.25, 0.3) is 0 Å². The highest BCUT2D eigenvalue weighted by Crippen LogP contribution is 2.22. The van der Waals surface area contributed by atoms with Crippen molar-refractivity contribution < 1.29 is 13.9 Å². The Balaban J connectivity index is 2.14. The van der Waals surface area contributed by atoms with Crippen molar-refractivity contribution in [3.05, 3.63) is 35.6 Å². The highest BCUT2D eigenvalue weighted by molar-refractivity contribution is 5.17. The number of ether oxygens (including phenoxy) is 2. The van der Waals surface area contributed by atoms with Gasteiger partial charge in [-0.2, -0.15) is 0 Å². The van der Waals surface area contributed by atoms with Gasteiger partial charge in [-0.3, -0.25) is 0 Å². The Bertz CT molecular complexity index is 282. The van der Waals surface area contributed by atoms with Gasteiger partial charge >= 0.3 is 0 Å². The van der Waals surface area contributed by atoms with Crippen molar-refractivity contribution in [2.45, 2.75) is 12.7 Å². The van der Waals surface area contributed by atoms with E-state index in [1.165, 1.54) is 12.1 Å². The lowest BCUT2D eigenvalue weighted by Gasteiger charge is -2.23. The lowest BCUT2D eigenvalue weighted by molar-refractivity contribution is -0.183. The van der Waals surface area contributed by atoms with E-state index in [2.05, 4.69) is 0 Å². The summed E-state index contributed by atoms with van der Waals surface area (Å²) in [4.78, 5) is 0. The van der Waals surface area contributed by atoms with Crippen molar-refractivity contribution in [1.29, 1.82) is 0 Å². The first-order chi connectivity index (χ1) is 6.36. The molecule has 0 N–H and O–H groups in total. The van der Waals surface area contributed by atoms with Gasteiger partial charge in [0, 0.05) is 5.56 Å². The second-order valence-electron chi connectivity index (χ2n) is 2.98. The zero-order valence-corrected chi connectivity index (χ0v) is 7.20. The SMILES string of the molecule is Fc1cccc(C2OCCCO2)c1. The first kappa shape index (κ1) is 8.66. The van der Waals surface area contributed by atoms with Crippen molar-refractivity contribution >= 4 is 0 Å². The smallest absolute Gasteiger partial charge is 0.183 e. The van der Waals surface area contributed by atoms with Gasteiger partial charge in [0.25, 0.3) is 0 Å². The van der Waals surface area contributed by atoms with Gasteiger partial charge in [-0.15, -0.1) is 0 Å². The van der Waals surface area contributed by atoms with Crippen LogP contribution in [0.1, 0.15) is 18.3 Å². The second kappa shape index (κ2) is 3.85. The largest absolute Gasteiger partial charge is 0.348 e. The molecule has 1 aromatic rings. The summed E-state index contributed by atoms with van der Waals surface area (Å²) < 4.78 is 23.5. The van der Waals surface area contributed by atoms with Crippen molar-refractivity contribution in [2.75, 3.05) is 13.2 Å². The number of benzene rings is 1. The monoisotopic (exact) mass is 182 g/mol. The summed E-state index contributed by atoms with van der Waals surface area (Å²) in [6, 6.07) is 6.31. The molecule has 0 spiro atoms. The number of halogens is 1. The lowest BCUT2D eigenvalue weighted by atomic mass is 10.2. The lowest BCUT2D eigenvalue weighted by Crippen LogP contribution is -2.17. The number of hydrogen-bond donors (Lipinski definition) is 0. The minimum absolute atomic E-state index is 0.254. The standard InChI is InChI=1S/C10H11FO2/c11-9-4-1-3-8(7-9)10-12-5-2-6-13-10/h1,3-4,7,10H,2,5-6H2. The molecule has 0 aliphatic carbocycles. The highest BCUT2D eigenvalue weighted by atomic mass is 19.1. The molecule has 0 bridgehead atoms. The van der Waals surface area contributed by atoms with Gasteiger partial charge in [0.15, 0.2) is 6.29 Å². The Morgan fingerprint density at radius 1 is 1.23 bits per heavy atom. The van der Waals surface area contributed by atoms with Crippen LogP contribution in [0.5, 0.6) is 0 Å². The van der Waals surface area contributed by atoms with E-state index < -0.39 is 0 Å². The molecule has 1 heterocycles. The molecule has 1 aromatic carbocycles. The second-order valence-corrected chi connectivity index (χ2v) is 2.98. The number of hydrogen-bond acceptors (Lipinski definition) is 2.